The lowest BCUT2D eigenvalue weighted by Crippen LogP contribution is -3.13. The minimum Gasteiger partial charge on any atom is -0.462 e. The lowest BCUT2D eigenvalue weighted by atomic mass is 9.99. The van der Waals surface area contributed by atoms with Crippen LogP contribution in [0.3, 0.4) is 0 Å². The van der Waals surface area contributed by atoms with Crippen LogP contribution in [0, 0.1) is 5.92 Å². The van der Waals surface area contributed by atoms with Crippen LogP contribution >= 0.6 is 0 Å². The van der Waals surface area contributed by atoms with Crippen molar-refractivity contribution in [2.24, 2.45) is 5.92 Å². The molecular weight excluding hydrogens is 274 g/mol. The number of benzene rings is 1. The quantitative estimate of drug-likeness (QED) is 0.747. The number of quaternary nitrogens is 1. The second-order valence-electron chi connectivity index (χ2n) is 6.63. The molecule has 1 aliphatic heterocycles. The summed E-state index contributed by atoms with van der Waals surface area (Å²) in [6.45, 7) is 5.62. The van der Waals surface area contributed by atoms with Crippen molar-refractivity contribution in [1.29, 1.82) is 0 Å². The van der Waals surface area contributed by atoms with Crippen LogP contribution in [0.15, 0.2) is 30.3 Å². The Morgan fingerprint density at radius 2 is 1.86 bits per heavy atom. The minimum absolute atomic E-state index is 0.0211. The number of ether oxygens (including phenoxy) is 1. The normalized spacial score (nSPS) is 17.1. The van der Waals surface area contributed by atoms with Gasteiger partial charge < -0.3 is 9.64 Å². The molecule has 0 radical (unpaired) electrons. The molecule has 1 heterocycles. The molecule has 1 fully saturated rings. The molecule has 2 rings (SSSR count). The predicted octanol–water partition coefficient (Wildman–Crippen LogP) is 2.26. The Bertz CT molecular complexity index is 426. The van der Waals surface area contributed by atoms with Crippen molar-refractivity contribution < 1.29 is 14.4 Å². The van der Waals surface area contributed by atoms with E-state index in [1.807, 2.05) is 0 Å². The van der Waals surface area contributed by atoms with Gasteiger partial charge in [0, 0.05) is 0 Å². The van der Waals surface area contributed by atoms with E-state index in [1.165, 1.54) is 29.7 Å². The summed E-state index contributed by atoms with van der Waals surface area (Å²) in [5.74, 6) is 0.572. The maximum Gasteiger partial charge on any atom is 0.361 e. The fraction of sp³-hybridized carbons (Fsp3) is 0.632. The van der Waals surface area contributed by atoms with Gasteiger partial charge in [-0.15, -0.1) is 0 Å². The van der Waals surface area contributed by atoms with Gasteiger partial charge in [-0.3, -0.25) is 0 Å². The maximum atomic E-state index is 11.8. The summed E-state index contributed by atoms with van der Waals surface area (Å²) < 4.78 is 5.41. The van der Waals surface area contributed by atoms with E-state index >= 15 is 0 Å². The number of rotatable bonds is 8. The van der Waals surface area contributed by atoms with Crippen molar-refractivity contribution in [3.05, 3.63) is 35.9 Å². The summed E-state index contributed by atoms with van der Waals surface area (Å²) in [6.07, 6.45) is 7.04. The molecule has 3 nitrogen and oxygen atoms in total. The van der Waals surface area contributed by atoms with E-state index in [0.29, 0.717) is 19.1 Å². The summed E-state index contributed by atoms with van der Waals surface area (Å²) in [6, 6.07) is 10.6. The molecule has 1 aliphatic rings. The van der Waals surface area contributed by atoms with Crippen molar-refractivity contribution in [3.8, 4) is 0 Å². The predicted molar refractivity (Wildman–Crippen MR) is 88.9 cm³/mol. The second kappa shape index (κ2) is 9.62. The SMILES string of the molecule is C[C@H](CCOC(=O)C[NH+]1CCCCC1)CCc1ccccc1. The molecule has 0 aliphatic carbocycles. The highest BCUT2D eigenvalue weighted by molar-refractivity contribution is 5.70. The third kappa shape index (κ3) is 6.61. The molecule has 1 atom stereocenters. The van der Waals surface area contributed by atoms with E-state index in [2.05, 4.69) is 37.3 Å². The molecule has 1 saturated heterocycles. The molecule has 0 saturated carbocycles. The first-order chi connectivity index (χ1) is 10.7. The number of hydrogen-bond acceptors (Lipinski definition) is 2. The third-order valence-electron chi connectivity index (χ3n) is 4.60. The molecule has 1 N–H and O–H groups in total. The first-order valence-electron chi connectivity index (χ1n) is 8.77. The fourth-order valence-electron chi connectivity index (χ4n) is 3.06. The number of likely N-dealkylation sites (tertiary alicyclic amines) is 1. The highest BCUT2D eigenvalue weighted by Gasteiger charge is 2.18. The van der Waals surface area contributed by atoms with Crippen molar-refractivity contribution in [2.75, 3.05) is 26.2 Å². The van der Waals surface area contributed by atoms with Crippen LogP contribution in [0.5, 0.6) is 0 Å². The van der Waals surface area contributed by atoms with Crippen molar-refractivity contribution >= 4 is 5.97 Å². The zero-order valence-electron chi connectivity index (χ0n) is 13.9. The Kier molecular flexibility index (Phi) is 7.44. The van der Waals surface area contributed by atoms with Crippen LogP contribution in [-0.2, 0) is 16.0 Å². The Morgan fingerprint density at radius 3 is 2.59 bits per heavy atom. The topological polar surface area (TPSA) is 30.7 Å². The van der Waals surface area contributed by atoms with E-state index < -0.39 is 0 Å². The molecule has 1 aromatic rings. The van der Waals surface area contributed by atoms with Gasteiger partial charge in [0.15, 0.2) is 6.54 Å². The summed E-state index contributed by atoms with van der Waals surface area (Å²) in [7, 11) is 0. The number of hydrogen-bond donors (Lipinski definition) is 1. The smallest absolute Gasteiger partial charge is 0.361 e. The van der Waals surface area contributed by atoms with Crippen molar-refractivity contribution in [3.63, 3.8) is 0 Å². The third-order valence-corrected chi connectivity index (χ3v) is 4.60. The van der Waals surface area contributed by atoms with E-state index in [9.17, 15) is 4.79 Å². The average molecular weight is 304 g/mol. The van der Waals surface area contributed by atoms with Gasteiger partial charge in [-0.05, 0) is 50.0 Å². The first-order valence-corrected chi connectivity index (χ1v) is 8.77. The highest BCUT2D eigenvalue weighted by Crippen LogP contribution is 2.12. The molecule has 122 valence electrons. The molecule has 0 spiro atoms. The summed E-state index contributed by atoms with van der Waals surface area (Å²) in [5.41, 5.74) is 1.39. The van der Waals surface area contributed by atoms with Gasteiger partial charge in [0.2, 0.25) is 0 Å². The standard InChI is InChI=1S/C19H29NO2/c1-17(10-11-18-8-4-2-5-9-18)12-15-22-19(21)16-20-13-6-3-7-14-20/h2,4-5,8-9,17H,3,6-7,10-16H2,1H3/p+1/t17-/m0/s1. The van der Waals surface area contributed by atoms with Crippen LogP contribution < -0.4 is 4.90 Å². The number of piperidine rings is 1. The molecule has 22 heavy (non-hydrogen) atoms. The average Bonchev–Trinajstić information content (AvgIpc) is 2.55. The first kappa shape index (κ1) is 17.0. The van der Waals surface area contributed by atoms with Crippen LogP contribution in [0.25, 0.3) is 0 Å². The van der Waals surface area contributed by atoms with Crippen molar-refractivity contribution in [2.45, 2.75) is 45.4 Å². The van der Waals surface area contributed by atoms with Gasteiger partial charge in [0.1, 0.15) is 0 Å². The van der Waals surface area contributed by atoms with Gasteiger partial charge in [-0.25, -0.2) is 4.79 Å². The minimum atomic E-state index is -0.0211. The van der Waals surface area contributed by atoms with Gasteiger partial charge >= 0.3 is 5.97 Å². The van der Waals surface area contributed by atoms with Gasteiger partial charge in [0.25, 0.3) is 0 Å². The van der Waals surface area contributed by atoms with E-state index in [4.69, 9.17) is 4.74 Å². The fourth-order valence-corrected chi connectivity index (χ4v) is 3.06. The number of aryl methyl sites for hydroxylation is 1. The zero-order chi connectivity index (χ0) is 15.6. The largest absolute Gasteiger partial charge is 0.462 e. The molecule has 0 amide bonds. The number of nitrogens with one attached hydrogen (secondary N) is 1. The number of carbonyl (C=O) groups is 1. The zero-order valence-corrected chi connectivity index (χ0v) is 13.9. The molecule has 0 bridgehead atoms. The van der Waals surface area contributed by atoms with Crippen LogP contribution in [0.4, 0.5) is 0 Å². The molecule has 0 aromatic heterocycles. The Balaban J connectivity index is 1.54. The molecule has 3 heteroatoms. The monoisotopic (exact) mass is 304 g/mol. The number of carbonyl (C=O) groups excluding carboxylic acids is 1. The van der Waals surface area contributed by atoms with Gasteiger partial charge in [-0.1, -0.05) is 37.3 Å². The summed E-state index contributed by atoms with van der Waals surface area (Å²) in [5, 5.41) is 0. The summed E-state index contributed by atoms with van der Waals surface area (Å²) in [4.78, 5) is 13.2. The lowest BCUT2D eigenvalue weighted by Gasteiger charge is -2.22. The molecule has 1 aromatic carbocycles. The second-order valence-corrected chi connectivity index (χ2v) is 6.63. The van der Waals surface area contributed by atoms with Crippen LogP contribution in [-0.4, -0.2) is 32.2 Å². The highest BCUT2D eigenvalue weighted by atomic mass is 16.5. The Labute approximate surface area is 134 Å². The number of esters is 1. The van der Waals surface area contributed by atoms with E-state index in [-0.39, 0.29) is 5.97 Å². The summed E-state index contributed by atoms with van der Waals surface area (Å²) >= 11 is 0. The lowest BCUT2D eigenvalue weighted by molar-refractivity contribution is -0.897. The van der Waals surface area contributed by atoms with Gasteiger partial charge in [0.05, 0.1) is 19.7 Å². The molecule has 0 unspecified atom stereocenters. The Morgan fingerprint density at radius 1 is 1.14 bits per heavy atom. The van der Waals surface area contributed by atoms with Gasteiger partial charge in [-0.2, -0.15) is 0 Å². The van der Waals surface area contributed by atoms with Crippen LogP contribution in [0.2, 0.25) is 0 Å². The van der Waals surface area contributed by atoms with Crippen LogP contribution in [0.1, 0.15) is 44.6 Å². The van der Waals surface area contributed by atoms with E-state index in [1.54, 1.807) is 0 Å². The van der Waals surface area contributed by atoms with Crippen molar-refractivity contribution in [1.82, 2.24) is 0 Å². The maximum absolute atomic E-state index is 11.8. The molecular formula is C19H30NO2+. The Hall–Kier alpha value is -1.35. The van der Waals surface area contributed by atoms with E-state index in [0.717, 1.165) is 32.4 Å².